The predicted molar refractivity (Wildman–Crippen MR) is 66.5 cm³/mol. The Morgan fingerprint density at radius 2 is 1.59 bits per heavy atom. The smallest absolute Gasteiger partial charge is 0.163 e. The molecule has 2 N–H and O–H groups in total. The Morgan fingerprint density at radius 3 is 2.29 bits per heavy atom. The molecule has 0 radical (unpaired) electrons. The van der Waals surface area contributed by atoms with Gasteiger partial charge in [0.1, 0.15) is 0 Å². The van der Waals surface area contributed by atoms with Crippen molar-refractivity contribution in [1.29, 1.82) is 0 Å². The Morgan fingerprint density at radius 1 is 0.941 bits per heavy atom. The summed E-state index contributed by atoms with van der Waals surface area (Å²) in [5, 5.41) is 0. The van der Waals surface area contributed by atoms with Crippen molar-refractivity contribution >= 4 is 15.9 Å². The monoisotopic (exact) mass is 297 g/mol. The zero-order valence-electron chi connectivity index (χ0n) is 8.83. The minimum absolute atomic E-state index is 0.150. The maximum atomic E-state index is 13.6. The second-order valence-corrected chi connectivity index (χ2v) is 4.50. The summed E-state index contributed by atoms with van der Waals surface area (Å²) in [6.07, 6.45) is 0. The Hall–Kier alpha value is -1.26. The SMILES string of the molecule is NC(c1ccccc1Br)c1cccc(F)c1F. The fraction of sp³-hybridized carbons (Fsp3) is 0.0769. The Labute approximate surface area is 106 Å². The van der Waals surface area contributed by atoms with Gasteiger partial charge in [0, 0.05) is 10.0 Å². The molecule has 4 heteroatoms. The van der Waals surface area contributed by atoms with Crippen LogP contribution in [0.15, 0.2) is 46.9 Å². The minimum Gasteiger partial charge on any atom is -0.320 e. The Balaban J connectivity index is 2.48. The van der Waals surface area contributed by atoms with E-state index in [2.05, 4.69) is 15.9 Å². The maximum Gasteiger partial charge on any atom is 0.163 e. The van der Waals surface area contributed by atoms with Gasteiger partial charge in [0.15, 0.2) is 11.6 Å². The molecule has 0 aliphatic heterocycles. The van der Waals surface area contributed by atoms with Crippen molar-refractivity contribution in [3.63, 3.8) is 0 Å². The van der Waals surface area contributed by atoms with Gasteiger partial charge >= 0.3 is 0 Å². The molecule has 0 saturated carbocycles. The summed E-state index contributed by atoms with van der Waals surface area (Å²) in [6.45, 7) is 0. The highest BCUT2D eigenvalue weighted by Gasteiger charge is 2.17. The lowest BCUT2D eigenvalue weighted by molar-refractivity contribution is 0.494. The lowest BCUT2D eigenvalue weighted by Crippen LogP contribution is -2.14. The first-order valence-corrected chi connectivity index (χ1v) is 5.84. The zero-order chi connectivity index (χ0) is 12.4. The van der Waals surface area contributed by atoms with Crippen LogP contribution >= 0.6 is 15.9 Å². The van der Waals surface area contributed by atoms with Crippen LogP contribution in [0.1, 0.15) is 17.2 Å². The highest BCUT2D eigenvalue weighted by atomic mass is 79.9. The molecule has 0 fully saturated rings. The molecule has 0 aliphatic carbocycles. The van der Waals surface area contributed by atoms with Crippen LogP contribution in [0.5, 0.6) is 0 Å². The highest BCUT2D eigenvalue weighted by Crippen LogP contribution is 2.28. The molecule has 2 rings (SSSR count). The summed E-state index contributed by atoms with van der Waals surface area (Å²) in [6, 6.07) is 10.5. The molecular formula is C13H10BrF2N. The maximum absolute atomic E-state index is 13.6. The zero-order valence-corrected chi connectivity index (χ0v) is 10.4. The summed E-state index contributed by atoms with van der Waals surface area (Å²) >= 11 is 3.34. The molecule has 0 amide bonds. The third kappa shape index (κ3) is 2.37. The molecule has 2 aromatic carbocycles. The molecule has 1 nitrogen and oxygen atoms in total. The van der Waals surface area contributed by atoms with Crippen molar-refractivity contribution in [2.45, 2.75) is 6.04 Å². The number of hydrogen-bond donors (Lipinski definition) is 1. The topological polar surface area (TPSA) is 26.0 Å². The average molecular weight is 298 g/mol. The van der Waals surface area contributed by atoms with Gasteiger partial charge in [-0.1, -0.05) is 46.3 Å². The summed E-state index contributed by atoms with van der Waals surface area (Å²) in [5.74, 6) is -1.78. The molecule has 0 aromatic heterocycles. The average Bonchev–Trinajstić information content (AvgIpc) is 2.32. The van der Waals surface area contributed by atoms with Crippen LogP contribution in [0.2, 0.25) is 0 Å². The number of rotatable bonds is 2. The second kappa shape index (κ2) is 4.94. The number of halogens is 3. The number of hydrogen-bond acceptors (Lipinski definition) is 1. The molecule has 0 bridgehead atoms. The van der Waals surface area contributed by atoms with Crippen molar-refractivity contribution < 1.29 is 8.78 Å². The van der Waals surface area contributed by atoms with E-state index in [-0.39, 0.29) is 5.56 Å². The van der Waals surface area contributed by atoms with Crippen molar-refractivity contribution in [2.75, 3.05) is 0 Å². The predicted octanol–water partition coefficient (Wildman–Crippen LogP) is 3.78. The molecular weight excluding hydrogens is 288 g/mol. The first-order chi connectivity index (χ1) is 8.11. The van der Waals surface area contributed by atoms with E-state index in [1.807, 2.05) is 12.1 Å². The fourth-order valence-corrected chi connectivity index (χ4v) is 2.19. The fourth-order valence-electron chi connectivity index (χ4n) is 1.66. The Bertz CT molecular complexity index is 543. The number of nitrogens with two attached hydrogens (primary N) is 1. The van der Waals surface area contributed by atoms with Crippen LogP contribution in [-0.2, 0) is 0 Å². The van der Waals surface area contributed by atoms with Crippen molar-refractivity contribution in [1.82, 2.24) is 0 Å². The summed E-state index contributed by atoms with van der Waals surface area (Å²) in [7, 11) is 0. The molecule has 0 spiro atoms. The molecule has 0 saturated heterocycles. The van der Waals surface area contributed by atoms with Crippen LogP contribution in [0.4, 0.5) is 8.78 Å². The van der Waals surface area contributed by atoms with Gasteiger partial charge in [-0.25, -0.2) is 8.78 Å². The minimum atomic E-state index is -0.893. The summed E-state index contributed by atoms with van der Waals surface area (Å²) in [5.41, 5.74) is 6.82. The van der Waals surface area contributed by atoms with Gasteiger partial charge in [-0.2, -0.15) is 0 Å². The van der Waals surface area contributed by atoms with E-state index in [0.29, 0.717) is 0 Å². The summed E-state index contributed by atoms with van der Waals surface area (Å²) in [4.78, 5) is 0. The normalized spacial score (nSPS) is 12.5. The Kier molecular flexibility index (Phi) is 3.54. The van der Waals surface area contributed by atoms with Crippen LogP contribution in [0.25, 0.3) is 0 Å². The van der Waals surface area contributed by atoms with Crippen LogP contribution in [0, 0.1) is 11.6 Å². The molecule has 88 valence electrons. The molecule has 2 aromatic rings. The van der Waals surface area contributed by atoms with Gasteiger partial charge in [0.2, 0.25) is 0 Å². The summed E-state index contributed by atoms with van der Waals surface area (Å²) < 4.78 is 27.5. The first kappa shape index (κ1) is 12.2. The van der Waals surface area contributed by atoms with Crippen LogP contribution < -0.4 is 5.73 Å². The van der Waals surface area contributed by atoms with Gasteiger partial charge < -0.3 is 5.73 Å². The molecule has 0 heterocycles. The lowest BCUT2D eigenvalue weighted by Gasteiger charge is -2.15. The van der Waals surface area contributed by atoms with Gasteiger partial charge in [-0.3, -0.25) is 0 Å². The third-order valence-electron chi connectivity index (χ3n) is 2.56. The van der Waals surface area contributed by atoms with Gasteiger partial charge in [0.05, 0.1) is 6.04 Å². The quantitative estimate of drug-likeness (QED) is 0.897. The van der Waals surface area contributed by atoms with Crippen LogP contribution in [-0.4, -0.2) is 0 Å². The van der Waals surface area contributed by atoms with E-state index in [4.69, 9.17) is 5.73 Å². The van der Waals surface area contributed by atoms with Crippen LogP contribution in [0.3, 0.4) is 0 Å². The van der Waals surface area contributed by atoms with E-state index in [1.54, 1.807) is 12.1 Å². The van der Waals surface area contributed by atoms with Gasteiger partial charge in [0.25, 0.3) is 0 Å². The van der Waals surface area contributed by atoms with Crippen molar-refractivity contribution in [3.05, 3.63) is 69.7 Å². The van der Waals surface area contributed by atoms with Crippen molar-refractivity contribution in [2.24, 2.45) is 5.73 Å². The molecule has 17 heavy (non-hydrogen) atoms. The highest BCUT2D eigenvalue weighted by molar-refractivity contribution is 9.10. The van der Waals surface area contributed by atoms with E-state index in [1.165, 1.54) is 12.1 Å². The number of benzene rings is 2. The third-order valence-corrected chi connectivity index (χ3v) is 3.28. The standard InChI is InChI=1S/C13H10BrF2N/c14-10-6-2-1-4-8(10)13(17)9-5-3-7-11(15)12(9)16/h1-7,13H,17H2. The largest absolute Gasteiger partial charge is 0.320 e. The second-order valence-electron chi connectivity index (χ2n) is 3.64. The van der Waals surface area contributed by atoms with Gasteiger partial charge in [-0.05, 0) is 17.7 Å². The van der Waals surface area contributed by atoms with E-state index in [9.17, 15) is 8.78 Å². The van der Waals surface area contributed by atoms with E-state index >= 15 is 0 Å². The first-order valence-electron chi connectivity index (χ1n) is 5.05. The van der Waals surface area contributed by atoms with Gasteiger partial charge in [-0.15, -0.1) is 0 Å². The molecule has 0 aliphatic rings. The van der Waals surface area contributed by atoms with E-state index in [0.717, 1.165) is 16.1 Å². The van der Waals surface area contributed by atoms with Crippen molar-refractivity contribution in [3.8, 4) is 0 Å². The molecule has 1 unspecified atom stereocenters. The lowest BCUT2D eigenvalue weighted by atomic mass is 9.99. The molecule has 1 atom stereocenters. The van der Waals surface area contributed by atoms with E-state index < -0.39 is 17.7 Å².